The Hall–Kier alpha value is -3.27. The number of carbonyl (C=O) groups excluding carboxylic acids is 1. The standard InChI is InChI=1S/C24H28F3N3O4/c1-15(2)9-10-19-20(33-17-7-5-8-18(13-17)34-24(25,26)27)14-28-22-21(19)23(32)30(11-6-12-31)16(3)29(22)4/h5,7-8,13-15,31H,3,6,9-12H2,1-2,4H3. The summed E-state index contributed by atoms with van der Waals surface area (Å²) in [5, 5.41) is 9.24. The van der Waals surface area contributed by atoms with E-state index in [-0.39, 0.29) is 30.6 Å². The zero-order chi connectivity index (χ0) is 25.0. The van der Waals surface area contributed by atoms with Gasteiger partial charge in [0.05, 0.1) is 11.8 Å². The van der Waals surface area contributed by atoms with Crippen molar-refractivity contribution < 1.29 is 32.5 Å². The highest BCUT2D eigenvalue weighted by Gasteiger charge is 2.35. The number of aliphatic hydroxyl groups excluding tert-OH is 1. The number of nitrogens with zero attached hydrogens (tertiary/aromatic N) is 3. The lowest BCUT2D eigenvalue weighted by Crippen LogP contribution is -2.44. The molecule has 1 aliphatic heterocycles. The molecular formula is C24H28F3N3O4. The van der Waals surface area contributed by atoms with E-state index < -0.39 is 12.1 Å². The molecule has 7 nitrogen and oxygen atoms in total. The van der Waals surface area contributed by atoms with Gasteiger partial charge in [-0.15, -0.1) is 13.2 Å². The molecule has 1 amide bonds. The van der Waals surface area contributed by atoms with E-state index >= 15 is 0 Å². The molecule has 0 saturated heterocycles. The van der Waals surface area contributed by atoms with Gasteiger partial charge in [-0.3, -0.25) is 9.69 Å². The molecule has 1 aromatic carbocycles. The van der Waals surface area contributed by atoms with Gasteiger partial charge in [-0.2, -0.15) is 0 Å². The number of aliphatic hydroxyl groups is 1. The monoisotopic (exact) mass is 479 g/mol. The minimum Gasteiger partial charge on any atom is -0.455 e. The molecular weight excluding hydrogens is 451 g/mol. The van der Waals surface area contributed by atoms with Crippen LogP contribution in [0.3, 0.4) is 0 Å². The highest BCUT2D eigenvalue weighted by atomic mass is 19.4. The van der Waals surface area contributed by atoms with Gasteiger partial charge in [0.1, 0.15) is 28.9 Å². The molecule has 0 saturated carbocycles. The van der Waals surface area contributed by atoms with Crippen molar-refractivity contribution in [2.24, 2.45) is 5.92 Å². The smallest absolute Gasteiger partial charge is 0.455 e. The van der Waals surface area contributed by atoms with Crippen LogP contribution in [0.2, 0.25) is 0 Å². The topological polar surface area (TPSA) is 75.1 Å². The summed E-state index contributed by atoms with van der Waals surface area (Å²) in [7, 11) is 1.75. The molecule has 0 bridgehead atoms. The first-order valence-corrected chi connectivity index (χ1v) is 10.9. The van der Waals surface area contributed by atoms with Gasteiger partial charge in [-0.25, -0.2) is 4.98 Å². The van der Waals surface area contributed by atoms with E-state index in [1.54, 1.807) is 11.9 Å². The van der Waals surface area contributed by atoms with E-state index in [1.165, 1.54) is 29.3 Å². The maximum atomic E-state index is 13.5. The summed E-state index contributed by atoms with van der Waals surface area (Å²) in [6, 6.07) is 5.19. The second-order valence-corrected chi connectivity index (χ2v) is 8.37. The average molecular weight is 479 g/mol. The van der Waals surface area contributed by atoms with E-state index in [4.69, 9.17) is 4.74 Å². The zero-order valence-corrected chi connectivity index (χ0v) is 19.4. The van der Waals surface area contributed by atoms with E-state index in [2.05, 4.69) is 30.1 Å². The van der Waals surface area contributed by atoms with Crippen molar-refractivity contribution in [3.63, 3.8) is 0 Å². The Morgan fingerprint density at radius 2 is 1.94 bits per heavy atom. The number of hydrogen-bond acceptors (Lipinski definition) is 6. The van der Waals surface area contributed by atoms with Crippen LogP contribution in [0.4, 0.5) is 19.0 Å². The number of carbonyl (C=O) groups is 1. The van der Waals surface area contributed by atoms with Crippen LogP contribution in [0, 0.1) is 5.92 Å². The number of fused-ring (bicyclic) bond motifs is 1. The maximum Gasteiger partial charge on any atom is 0.573 e. The maximum absolute atomic E-state index is 13.5. The number of pyridine rings is 1. The molecule has 184 valence electrons. The van der Waals surface area contributed by atoms with Crippen molar-refractivity contribution in [1.29, 1.82) is 0 Å². The predicted molar refractivity (Wildman–Crippen MR) is 121 cm³/mol. The fourth-order valence-corrected chi connectivity index (χ4v) is 3.65. The lowest BCUT2D eigenvalue weighted by atomic mass is 9.96. The van der Waals surface area contributed by atoms with Gasteiger partial charge in [0, 0.05) is 31.8 Å². The molecule has 3 rings (SSSR count). The fourth-order valence-electron chi connectivity index (χ4n) is 3.65. The zero-order valence-electron chi connectivity index (χ0n) is 19.4. The largest absolute Gasteiger partial charge is 0.573 e. The van der Waals surface area contributed by atoms with Crippen LogP contribution in [-0.4, -0.2) is 47.5 Å². The minimum absolute atomic E-state index is 0.0778. The third kappa shape index (κ3) is 5.80. The number of ether oxygens (including phenoxy) is 2. The van der Waals surface area contributed by atoms with Crippen LogP contribution in [0.25, 0.3) is 0 Å². The van der Waals surface area contributed by atoms with E-state index in [9.17, 15) is 23.1 Å². The van der Waals surface area contributed by atoms with Gasteiger partial charge in [0.15, 0.2) is 0 Å². The van der Waals surface area contributed by atoms with E-state index in [0.29, 0.717) is 41.5 Å². The lowest BCUT2D eigenvalue weighted by molar-refractivity contribution is -0.274. The van der Waals surface area contributed by atoms with Gasteiger partial charge in [0.25, 0.3) is 5.91 Å². The second-order valence-electron chi connectivity index (χ2n) is 8.37. The summed E-state index contributed by atoms with van der Waals surface area (Å²) in [5.74, 6) is 0.873. The van der Waals surface area contributed by atoms with Crippen molar-refractivity contribution in [2.45, 2.75) is 39.5 Å². The SMILES string of the molecule is C=C1N(CCCO)C(=O)c2c(ncc(Oc3cccc(OC(F)(F)F)c3)c2CCC(C)C)N1C. The Bertz CT molecular complexity index is 1060. The van der Waals surface area contributed by atoms with Crippen molar-refractivity contribution >= 4 is 11.7 Å². The normalized spacial score (nSPS) is 14.0. The summed E-state index contributed by atoms with van der Waals surface area (Å²) in [5.41, 5.74) is 0.966. The Balaban J connectivity index is 2.04. The first-order valence-electron chi connectivity index (χ1n) is 10.9. The molecule has 1 aliphatic rings. The number of alkyl halides is 3. The molecule has 1 aromatic heterocycles. The molecule has 0 spiro atoms. The van der Waals surface area contributed by atoms with Crippen LogP contribution in [0.15, 0.2) is 42.9 Å². The number of amides is 1. The number of anilines is 1. The van der Waals surface area contributed by atoms with Gasteiger partial charge >= 0.3 is 6.36 Å². The van der Waals surface area contributed by atoms with Crippen molar-refractivity contribution in [2.75, 3.05) is 25.1 Å². The summed E-state index contributed by atoms with van der Waals surface area (Å²) in [6.45, 7) is 8.29. The number of hydrogen-bond donors (Lipinski definition) is 1. The number of halogens is 3. The van der Waals surface area contributed by atoms with Crippen molar-refractivity contribution in [1.82, 2.24) is 9.88 Å². The molecule has 0 atom stereocenters. The van der Waals surface area contributed by atoms with Crippen molar-refractivity contribution in [3.8, 4) is 17.2 Å². The minimum atomic E-state index is -4.83. The summed E-state index contributed by atoms with van der Waals surface area (Å²) >= 11 is 0. The number of benzene rings is 1. The van der Waals surface area contributed by atoms with Crippen LogP contribution in [0.1, 0.15) is 42.6 Å². The number of aromatic nitrogens is 1. The Morgan fingerprint density at radius 1 is 1.24 bits per heavy atom. The predicted octanol–water partition coefficient (Wildman–Crippen LogP) is 5.11. The Morgan fingerprint density at radius 3 is 2.59 bits per heavy atom. The van der Waals surface area contributed by atoms with Crippen LogP contribution in [0.5, 0.6) is 17.2 Å². The molecule has 0 unspecified atom stereocenters. The fraction of sp³-hybridized carbons (Fsp3) is 0.417. The summed E-state index contributed by atoms with van der Waals surface area (Å²) in [6.07, 6.45) is -1.74. The van der Waals surface area contributed by atoms with E-state index in [1.807, 2.05) is 0 Å². The van der Waals surface area contributed by atoms with Gasteiger partial charge in [-0.05, 0) is 37.3 Å². The summed E-state index contributed by atoms with van der Waals surface area (Å²) < 4.78 is 47.8. The molecule has 0 radical (unpaired) electrons. The molecule has 2 heterocycles. The lowest BCUT2D eigenvalue weighted by Gasteiger charge is -2.37. The average Bonchev–Trinajstić information content (AvgIpc) is 2.75. The van der Waals surface area contributed by atoms with E-state index in [0.717, 1.165) is 12.5 Å². The van der Waals surface area contributed by atoms with Crippen molar-refractivity contribution in [3.05, 3.63) is 54.0 Å². The molecule has 1 N–H and O–H groups in total. The molecule has 0 aliphatic carbocycles. The first kappa shape index (κ1) is 25.4. The van der Waals surface area contributed by atoms with Crippen LogP contribution >= 0.6 is 0 Å². The third-order valence-corrected chi connectivity index (χ3v) is 5.38. The molecule has 34 heavy (non-hydrogen) atoms. The Labute approximate surface area is 196 Å². The third-order valence-electron chi connectivity index (χ3n) is 5.38. The van der Waals surface area contributed by atoms with Crippen LogP contribution < -0.4 is 14.4 Å². The number of rotatable bonds is 9. The molecule has 0 fully saturated rings. The highest BCUT2D eigenvalue weighted by molar-refractivity contribution is 6.04. The van der Waals surface area contributed by atoms with Gasteiger partial charge in [-0.1, -0.05) is 26.5 Å². The summed E-state index contributed by atoms with van der Waals surface area (Å²) in [4.78, 5) is 21.1. The van der Waals surface area contributed by atoms with Gasteiger partial charge < -0.3 is 19.5 Å². The van der Waals surface area contributed by atoms with Crippen LogP contribution in [-0.2, 0) is 6.42 Å². The Kier molecular flexibility index (Phi) is 7.71. The first-order chi connectivity index (χ1) is 16.0. The second kappa shape index (κ2) is 10.3. The molecule has 10 heteroatoms. The highest BCUT2D eigenvalue weighted by Crippen LogP contribution is 2.39. The quantitative estimate of drug-likeness (QED) is 0.539. The molecule has 2 aromatic rings. The van der Waals surface area contributed by atoms with Gasteiger partial charge in [0.2, 0.25) is 0 Å².